The van der Waals surface area contributed by atoms with Gasteiger partial charge in [0.2, 0.25) is 0 Å². The lowest BCUT2D eigenvalue weighted by atomic mass is 10.2. The highest BCUT2D eigenvalue weighted by molar-refractivity contribution is 5.99. The van der Waals surface area contributed by atoms with Crippen molar-refractivity contribution in [2.75, 3.05) is 12.4 Å². The van der Waals surface area contributed by atoms with Gasteiger partial charge in [0, 0.05) is 18.3 Å². The van der Waals surface area contributed by atoms with Crippen LogP contribution in [0.4, 0.5) is 11.4 Å². The number of rotatable bonds is 8. The zero-order valence-electron chi connectivity index (χ0n) is 17.2. The van der Waals surface area contributed by atoms with Crippen LogP contribution in [-0.2, 0) is 9.53 Å². The minimum atomic E-state index is -1.21. The molecule has 10 heteroatoms. The monoisotopic (exact) mass is 437 g/mol. The molecule has 0 aliphatic carbocycles. The number of methoxy groups -OCH3 is 1. The van der Waals surface area contributed by atoms with Gasteiger partial charge in [0.15, 0.2) is 6.10 Å². The van der Waals surface area contributed by atoms with E-state index in [0.717, 1.165) is 6.07 Å². The molecule has 0 radical (unpaired) electrons. The molecule has 2 aromatic carbocycles. The number of nitrogens with zero attached hydrogens (tertiary/aromatic N) is 2. The van der Waals surface area contributed by atoms with Crippen LogP contribution in [0, 0.1) is 10.1 Å². The standard InChI is InChI=1S/C22H19N3O7/c1-14(21(26)24-18-12-15(25(28)29)9-10-20(18)30-2)31-22(27)17-7-3-4-8-19(17)32-16-6-5-11-23-13-16/h3-14H,1-2H3,(H,24,26). The summed E-state index contributed by atoms with van der Waals surface area (Å²) in [4.78, 5) is 39.6. The predicted octanol–water partition coefficient (Wildman–Crippen LogP) is 3.97. The highest BCUT2D eigenvalue weighted by atomic mass is 16.6. The van der Waals surface area contributed by atoms with Crippen LogP contribution < -0.4 is 14.8 Å². The molecule has 3 aromatic rings. The van der Waals surface area contributed by atoms with Crippen molar-refractivity contribution in [1.29, 1.82) is 0 Å². The number of para-hydroxylation sites is 1. The summed E-state index contributed by atoms with van der Waals surface area (Å²) in [5.41, 5.74) is -0.0360. The van der Waals surface area contributed by atoms with Crippen LogP contribution in [-0.4, -0.2) is 35.0 Å². The molecule has 1 aromatic heterocycles. The smallest absolute Gasteiger partial charge is 0.342 e. The number of amides is 1. The first-order chi connectivity index (χ1) is 15.4. The molecule has 164 valence electrons. The molecule has 1 unspecified atom stereocenters. The summed E-state index contributed by atoms with van der Waals surface area (Å²) in [6.07, 6.45) is 1.87. The van der Waals surface area contributed by atoms with E-state index in [9.17, 15) is 19.7 Å². The van der Waals surface area contributed by atoms with Crippen molar-refractivity contribution < 1.29 is 28.7 Å². The van der Waals surface area contributed by atoms with Crippen molar-refractivity contribution >= 4 is 23.3 Å². The molecule has 0 fully saturated rings. The third kappa shape index (κ3) is 5.36. The maximum atomic E-state index is 12.7. The number of hydrogen-bond donors (Lipinski definition) is 1. The van der Waals surface area contributed by atoms with Gasteiger partial charge in [-0.1, -0.05) is 12.1 Å². The quantitative estimate of drug-likeness (QED) is 0.318. The van der Waals surface area contributed by atoms with Crippen LogP contribution >= 0.6 is 0 Å². The van der Waals surface area contributed by atoms with Crippen molar-refractivity contribution in [2.24, 2.45) is 0 Å². The fourth-order valence-electron chi connectivity index (χ4n) is 2.68. The van der Waals surface area contributed by atoms with Crippen molar-refractivity contribution in [3.05, 3.63) is 82.7 Å². The van der Waals surface area contributed by atoms with Gasteiger partial charge in [-0.15, -0.1) is 0 Å². The third-order valence-electron chi connectivity index (χ3n) is 4.27. The summed E-state index contributed by atoms with van der Waals surface area (Å²) in [6, 6.07) is 13.5. The van der Waals surface area contributed by atoms with E-state index in [0.29, 0.717) is 5.75 Å². The van der Waals surface area contributed by atoms with Gasteiger partial charge in [-0.05, 0) is 37.3 Å². The minimum absolute atomic E-state index is 0.0786. The number of benzene rings is 2. The molecule has 1 N–H and O–H groups in total. The lowest BCUT2D eigenvalue weighted by molar-refractivity contribution is -0.384. The van der Waals surface area contributed by atoms with Crippen molar-refractivity contribution in [3.63, 3.8) is 0 Å². The minimum Gasteiger partial charge on any atom is -0.495 e. The van der Waals surface area contributed by atoms with Gasteiger partial charge in [-0.3, -0.25) is 19.9 Å². The van der Waals surface area contributed by atoms with Gasteiger partial charge in [-0.25, -0.2) is 4.79 Å². The number of hydrogen-bond acceptors (Lipinski definition) is 8. The molecule has 0 bridgehead atoms. The van der Waals surface area contributed by atoms with E-state index in [1.165, 1.54) is 38.4 Å². The molecule has 10 nitrogen and oxygen atoms in total. The number of nitro benzene ring substituents is 1. The topological polar surface area (TPSA) is 130 Å². The van der Waals surface area contributed by atoms with Crippen molar-refractivity contribution in [3.8, 4) is 17.2 Å². The number of pyridine rings is 1. The zero-order chi connectivity index (χ0) is 23.1. The number of nitro groups is 1. The van der Waals surface area contributed by atoms with Crippen LogP contribution in [0.2, 0.25) is 0 Å². The highest BCUT2D eigenvalue weighted by Gasteiger charge is 2.23. The molecule has 0 aliphatic rings. The first kappa shape index (κ1) is 22.2. The lowest BCUT2D eigenvalue weighted by Gasteiger charge is -2.16. The van der Waals surface area contributed by atoms with Crippen LogP contribution in [0.1, 0.15) is 17.3 Å². The van der Waals surface area contributed by atoms with Gasteiger partial charge in [0.1, 0.15) is 22.8 Å². The van der Waals surface area contributed by atoms with Gasteiger partial charge < -0.3 is 19.5 Å². The van der Waals surface area contributed by atoms with Crippen LogP contribution in [0.3, 0.4) is 0 Å². The maximum Gasteiger partial charge on any atom is 0.342 e. The van der Waals surface area contributed by atoms with Crippen molar-refractivity contribution in [1.82, 2.24) is 4.98 Å². The number of anilines is 1. The molecule has 3 rings (SSSR count). The predicted molar refractivity (Wildman–Crippen MR) is 114 cm³/mol. The first-order valence-corrected chi connectivity index (χ1v) is 9.40. The Labute approximate surface area is 182 Å². The first-order valence-electron chi connectivity index (χ1n) is 9.40. The molecule has 1 heterocycles. The molecule has 1 atom stereocenters. The number of esters is 1. The second-order valence-electron chi connectivity index (χ2n) is 6.47. The Morgan fingerprint density at radius 2 is 1.88 bits per heavy atom. The molecular weight excluding hydrogens is 418 g/mol. The van der Waals surface area contributed by atoms with E-state index in [1.54, 1.807) is 36.5 Å². The summed E-state index contributed by atoms with van der Waals surface area (Å²) in [5, 5.41) is 13.5. The Bertz CT molecular complexity index is 1140. The van der Waals surface area contributed by atoms with Gasteiger partial charge >= 0.3 is 5.97 Å². The van der Waals surface area contributed by atoms with E-state index in [4.69, 9.17) is 14.2 Å². The van der Waals surface area contributed by atoms with Gasteiger partial charge in [-0.2, -0.15) is 0 Å². The largest absolute Gasteiger partial charge is 0.495 e. The van der Waals surface area contributed by atoms with Crippen LogP contribution in [0.15, 0.2) is 67.0 Å². The third-order valence-corrected chi connectivity index (χ3v) is 4.27. The Balaban J connectivity index is 1.72. The van der Waals surface area contributed by atoms with Crippen LogP contribution in [0.5, 0.6) is 17.2 Å². The molecular formula is C22H19N3O7. The maximum absolute atomic E-state index is 12.7. The fraction of sp³-hybridized carbons (Fsp3) is 0.136. The molecule has 0 aliphatic heterocycles. The molecule has 0 spiro atoms. The summed E-state index contributed by atoms with van der Waals surface area (Å²) in [6.45, 7) is 1.38. The number of aromatic nitrogens is 1. The number of carbonyl (C=O) groups is 2. The van der Waals surface area contributed by atoms with Crippen molar-refractivity contribution in [2.45, 2.75) is 13.0 Å². The summed E-state index contributed by atoms with van der Waals surface area (Å²) in [7, 11) is 1.36. The van der Waals surface area contributed by atoms with Crippen LogP contribution in [0.25, 0.3) is 0 Å². The zero-order valence-corrected chi connectivity index (χ0v) is 17.2. The lowest BCUT2D eigenvalue weighted by Crippen LogP contribution is -2.30. The Morgan fingerprint density at radius 3 is 2.56 bits per heavy atom. The van der Waals surface area contributed by atoms with E-state index in [-0.39, 0.29) is 28.4 Å². The molecule has 0 saturated carbocycles. The average Bonchev–Trinajstić information content (AvgIpc) is 2.79. The van der Waals surface area contributed by atoms with E-state index >= 15 is 0 Å². The molecule has 1 amide bonds. The average molecular weight is 437 g/mol. The number of nitrogens with one attached hydrogen (secondary N) is 1. The Hall–Kier alpha value is -4.47. The summed E-state index contributed by atoms with van der Waals surface area (Å²) < 4.78 is 16.1. The normalized spacial score (nSPS) is 11.2. The number of non-ortho nitro benzene ring substituents is 1. The van der Waals surface area contributed by atoms with Gasteiger partial charge in [0.25, 0.3) is 11.6 Å². The molecule has 32 heavy (non-hydrogen) atoms. The Kier molecular flexibility index (Phi) is 6.96. The van der Waals surface area contributed by atoms with E-state index in [1.807, 2.05) is 0 Å². The summed E-state index contributed by atoms with van der Waals surface area (Å²) in [5.74, 6) is -0.589. The second kappa shape index (κ2) is 10.0. The fourth-order valence-corrected chi connectivity index (χ4v) is 2.68. The Morgan fingerprint density at radius 1 is 1.09 bits per heavy atom. The molecule has 0 saturated heterocycles. The number of ether oxygens (including phenoxy) is 3. The SMILES string of the molecule is COc1ccc([N+](=O)[O-])cc1NC(=O)C(C)OC(=O)c1ccccc1Oc1cccnc1. The number of carbonyl (C=O) groups excluding carboxylic acids is 2. The van der Waals surface area contributed by atoms with E-state index in [2.05, 4.69) is 10.3 Å². The van der Waals surface area contributed by atoms with E-state index < -0.39 is 22.9 Å². The summed E-state index contributed by atoms with van der Waals surface area (Å²) >= 11 is 0. The second-order valence-corrected chi connectivity index (χ2v) is 6.47. The van der Waals surface area contributed by atoms with Gasteiger partial charge in [0.05, 0.1) is 23.9 Å². The highest BCUT2D eigenvalue weighted by Crippen LogP contribution is 2.29.